The molecule has 1 unspecified atom stereocenters. The van der Waals surface area contributed by atoms with E-state index in [1.54, 1.807) is 19.1 Å². The molecule has 0 aromatic heterocycles. The third kappa shape index (κ3) is 3.59. The van der Waals surface area contributed by atoms with Crippen LogP contribution in [0, 0.1) is 6.92 Å². The molecule has 2 rings (SSSR count). The molecule has 0 bridgehead atoms. The van der Waals surface area contributed by atoms with Gasteiger partial charge in [-0.1, -0.05) is 29.8 Å². The van der Waals surface area contributed by atoms with Crippen molar-refractivity contribution in [2.45, 2.75) is 19.9 Å². The van der Waals surface area contributed by atoms with Gasteiger partial charge in [-0.2, -0.15) is 0 Å². The van der Waals surface area contributed by atoms with Crippen molar-refractivity contribution in [3.05, 3.63) is 54.1 Å². The van der Waals surface area contributed by atoms with E-state index in [-0.39, 0.29) is 5.91 Å². The Bertz CT molecular complexity index is 592. The Morgan fingerprint density at radius 1 is 1.15 bits per heavy atom. The summed E-state index contributed by atoms with van der Waals surface area (Å²) in [6.07, 6.45) is 0. The van der Waals surface area contributed by atoms with Crippen molar-refractivity contribution < 1.29 is 9.53 Å². The number of nitrogens with one attached hydrogen (secondary N) is 1. The Kier molecular flexibility index (Phi) is 4.38. The minimum atomic E-state index is -0.567. The summed E-state index contributed by atoms with van der Waals surface area (Å²) in [4.78, 5) is 11.7. The third-order valence-corrected chi connectivity index (χ3v) is 2.81. The van der Waals surface area contributed by atoms with E-state index >= 15 is 0 Å². The summed E-state index contributed by atoms with van der Waals surface area (Å²) in [6, 6.07) is 14.4. The average Bonchev–Trinajstić information content (AvgIpc) is 2.43. The maximum atomic E-state index is 11.7. The molecule has 20 heavy (non-hydrogen) atoms. The van der Waals surface area contributed by atoms with Crippen molar-refractivity contribution >= 4 is 11.6 Å². The lowest BCUT2D eigenvalue weighted by molar-refractivity contribution is -0.117. The van der Waals surface area contributed by atoms with Gasteiger partial charge >= 0.3 is 0 Å². The lowest BCUT2D eigenvalue weighted by Gasteiger charge is -2.13. The van der Waals surface area contributed by atoms with Gasteiger partial charge in [-0.3, -0.25) is 4.79 Å². The highest BCUT2D eigenvalue weighted by molar-refractivity contribution is 5.95. The average molecular weight is 270 g/mol. The Balaban J connectivity index is 2.19. The summed E-state index contributed by atoms with van der Waals surface area (Å²) < 4.78 is 5.79. The maximum Gasteiger partial charge on any atom is 0.241 e. The third-order valence-electron chi connectivity index (χ3n) is 2.81. The van der Waals surface area contributed by atoms with E-state index in [4.69, 9.17) is 10.5 Å². The molecule has 2 aromatic carbocycles. The Labute approximate surface area is 118 Å². The number of aryl methyl sites for hydroxylation is 1. The second-order valence-electron chi connectivity index (χ2n) is 4.69. The van der Waals surface area contributed by atoms with Gasteiger partial charge in [0.25, 0.3) is 0 Å². The largest absolute Gasteiger partial charge is 0.455 e. The molecule has 0 fully saturated rings. The molecule has 0 aliphatic carbocycles. The van der Waals surface area contributed by atoms with Crippen LogP contribution >= 0.6 is 0 Å². The van der Waals surface area contributed by atoms with Crippen LogP contribution in [0.2, 0.25) is 0 Å². The summed E-state index contributed by atoms with van der Waals surface area (Å²) in [6.45, 7) is 3.65. The highest BCUT2D eigenvalue weighted by Crippen LogP contribution is 2.29. The molecule has 2 aromatic rings. The first-order valence-electron chi connectivity index (χ1n) is 6.46. The number of anilines is 1. The molecular formula is C16H18N2O2. The van der Waals surface area contributed by atoms with Crippen molar-refractivity contribution in [1.29, 1.82) is 0 Å². The number of para-hydroxylation sites is 2. The number of ether oxygens (including phenoxy) is 1. The smallest absolute Gasteiger partial charge is 0.241 e. The highest BCUT2D eigenvalue weighted by atomic mass is 16.5. The van der Waals surface area contributed by atoms with Gasteiger partial charge in [0.05, 0.1) is 11.7 Å². The lowest BCUT2D eigenvalue weighted by Crippen LogP contribution is -2.32. The summed E-state index contributed by atoms with van der Waals surface area (Å²) in [5, 5.41) is 2.75. The van der Waals surface area contributed by atoms with Crippen molar-refractivity contribution in [3.8, 4) is 11.5 Å². The van der Waals surface area contributed by atoms with Crippen molar-refractivity contribution in [2.75, 3.05) is 5.32 Å². The molecule has 4 nitrogen and oxygen atoms in total. The van der Waals surface area contributed by atoms with Crippen LogP contribution in [0.5, 0.6) is 11.5 Å². The Morgan fingerprint density at radius 2 is 1.80 bits per heavy atom. The fourth-order valence-electron chi connectivity index (χ4n) is 1.64. The van der Waals surface area contributed by atoms with Crippen LogP contribution in [0.4, 0.5) is 5.69 Å². The van der Waals surface area contributed by atoms with E-state index in [2.05, 4.69) is 5.32 Å². The number of carbonyl (C=O) groups is 1. The zero-order valence-electron chi connectivity index (χ0n) is 11.6. The summed E-state index contributed by atoms with van der Waals surface area (Å²) in [5.41, 5.74) is 7.32. The van der Waals surface area contributed by atoms with Crippen LogP contribution in [0.3, 0.4) is 0 Å². The topological polar surface area (TPSA) is 64.3 Å². The van der Waals surface area contributed by atoms with E-state index in [0.717, 1.165) is 11.3 Å². The molecule has 0 heterocycles. The molecule has 104 valence electrons. The summed E-state index contributed by atoms with van der Waals surface area (Å²) in [7, 11) is 0. The van der Waals surface area contributed by atoms with E-state index < -0.39 is 6.04 Å². The standard InChI is InChI=1S/C16H18N2O2/c1-11-7-9-13(10-8-11)20-15-6-4-3-5-14(15)18-16(19)12(2)17/h3-10,12H,17H2,1-2H3,(H,18,19). The van der Waals surface area contributed by atoms with Crippen LogP contribution in [-0.2, 0) is 4.79 Å². The van der Waals surface area contributed by atoms with E-state index in [0.29, 0.717) is 11.4 Å². The molecule has 0 radical (unpaired) electrons. The number of carbonyl (C=O) groups excluding carboxylic acids is 1. The molecule has 1 atom stereocenters. The zero-order chi connectivity index (χ0) is 14.5. The van der Waals surface area contributed by atoms with Crippen molar-refractivity contribution in [1.82, 2.24) is 0 Å². The Morgan fingerprint density at radius 3 is 2.45 bits per heavy atom. The number of rotatable bonds is 4. The number of nitrogens with two attached hydrogens (primary N) is 1. The van der Waals surface area contributed by atoms with Crippen LogP contribution in [0.25, 0.3) is 0 Å². The molecule has 1 amide bonds. The number of amides is 1. The van der Waals surface area contributed by atoms with Crippen molar-refractivity contribution in [2.24, 2.45) is 5.73 Å². The first-order valence-corrected chi connectivity index (χ1v) is 6.46. The van der Waals surface area contributed by atoms with Crippen molar-refractivity contribution in [3.63, 3.8) is 0 Å². The number of hydrogen-bond acceptors (Lipinski definition) is 3. The molecule has 0 aliphatic rings. The minimum absolute atomic E-state index is 0.245. The first kappa shape index (κ1) is 14.1. The molecule has 0 aliphatic heterocycles. The predicted molar refractivity (Wildman–Crippen MR) is 80.0 cm³/mol. The Hall–Kier alpha value is -2.33. The van der Waals surface area contributed by atoms with Gasteiger partial charge in [-0.05, 0) is 38.1 Å². The minimum Gasteiger partial charge on any atom is -0.455 e. The number of benzene rings is 2. The molecular weight excluding hydrogens is 252 g/mol. The van der Waals surface area contributed by atoms with Gasteiger partial charge in [0, 0.05) is 0 Å². The number of hydrogen-bond donors (Lipinski definition) is 2. The SMILES string of the molecule is Cc1ccc(Oc2ccccc2NC(=O)C(C)N)cc1. The lowest BCUT2D eigenvalue weighted by atomic mass is 10.2. The van der Waals surface area contributed by atoms with Gasteiger partial charge in [-0.25, -0.2) is 0 Å². The van der Waals surface area contributed by atoms with Crippen LogP contribution in [0.1, 0.15) is 12.5 Å². The molecule has 0 saturated heterocycles. The highest BCUT2D eigenvalue weighted by Gasteiger charge is 2.11. The maximum absolute atomic E-state index is 11.7. The first-order chi connectivity index (χ1) is 9.56. The summed E-state index contributed by atoms with van der Waals surface area (Å²) >= 11 is 0. The fourth-order valence-corrected chi connectivity index (χ4v) is 1.64. The fraction of sp³-hybridized carbons (Fsp3) is 0.188. The normalized spacial score (nSPS) is 11.8. The van der Waals surface area contributed by atoms with Crippen LogP contribution in [0.15, 0.2) is 48.5 Å². The molecule has 0 saturated carbocycles. The summed E-state index contributed by atoms with van der Waals surface area (Å²) in [5.74, 6) is 1.06. The van der Waals surface area contributed by atoms with Gasteiger partial charge in [-0.15, -0.1) is 0 Å². The second-order valence-corrected chi connectivity index (χ2v) is 4.69. The van der Waals surface area contributed by atoms with Gasteiger partial charge < -0.3 is 15.8 Å². The van der Waals surface area contributed by atoms with Crippen LogP contribution < -0.4 is 15.8 Å². The van der Waals surface area contributed by atoms with Gasteiger partial charge in [0.1, 0.15) is 5.75 Å². The molecule has 3 N–H and O–H groups in total. The van der Waals surface area contributed by atoms with Crippen LogP contribution in [-0.4, -0.2) is 11.9 Å². The van der Waals surface area contributed by atoms with Gasteiger partial charge in [0.15, 0.2) is 5.75 Å². The zero-order valence-corrected chi connectivity index (χ0v) is 11.6. The quantitative estimate of drug-likeness (QED) is 0.897. The van der Waals surface area contributed by atoms with Gasteiger partial charge in [0.2, 0.25) is 5.91 Å². The van der Waals surface area contributed by atoms with E-state index in [1.807, 2.05) is 43.3 Å². The molecule has 0 spiro atoms. The monoisotopic (exact) mass is 270 g/mol. The molecule has 4 heteroatoms. The van der Waals surface area contributed by atoms with E-state index in [9.17, 15) is 4.79 Å². The van der Waals surface area contributed by atoms with E-state index in [1.165, 1.54) is 0 Å². The second kappa shape index (κ2) is 6.21. The predicted octanol–water partition coefficient (Wildman–Crippen LogP) is 3.07.